The third-order valence-corrected chi connectivity index (χ3v) is 2.42. The number of hydrogen-bond acceptors (Lipinski definition) is 2. The fourth-order valence-electron chi connectivity index (χ4n) is 1.73. The molecule has 0 aromatic heterocycles. The summed E-state index contributed by atoms with van der Waals surface area (Å²) in [6, 6.07) is 0. The van der Waals surface area contributed by atoms with Gasteiger partial charge in [0.15, 0.2) is 0 Å². The van der Waals surface area contributed by atoms with Crippen LogP contribution in [0.2, 0.25) is 0 Å². The van der Waals surface area contributed by atoms with Gasteiger partial charge in [-0.15, -0.1) is 0 Å². The Labute approximate surface area is 66.8 Å². The van der Waals surface area contributed by atoms with Crippen molar-refractivity contribution in [3.05, 3.63) is 0 Å². The first kappa shape index (κ1) is 8.53. The minimum atomic E-state index is -0.638. The van der Waals surface area contributed by atoms with Crippen LogP contribution >= 0.6 is 0 Å². The highest BCUT2D eigenvalue weighted by Gasteiger charge is 2.28. The second-order valence-corrected chi connectivity index (χ2v) is 3.11. The first-order valence-electron chi connectivity index (χ1n) is 4.19. The number of carboxylic acids is 1. The van der Waals surface area contributed by atoms with Crippen LogP contribution in [0.15, 0.2) is 0 Å². The van der Waals surface area contributed by atoms with Crippen molar-refractivity contribution in [3.8, 4) is 0 Å². The monoisotopic (exact) mass is 157 g/mol. The third-order valence-electron chi connectivity index (χ3n) is 2.42. The number of rotatable bonds is 3. The Morgan fingerprint density at radius 3 is 2.91 bits per heavy atom. The molecule has 2 N–H and O–H groups in total. The van der Waals surface area contributed by atoms with Crippen LogP contribution in [-0.2, 0) is 4.79 Å². The second-order valence-electron chi connectivity index (χ2n) is 3.11. The van der Waals surface area contributed by atoms with Crippen LogP contribution in [0.3, 0.4) is 0 Å². The lowest BCUT2D eigenvalue weighted by Crippen LogP contribution is -2.24. The molecule has 1 aliphatic heterocycles. The summed E-state index contributed by atoms with van der Waals surface area (Å²) in [4.78, 5) is 10.7. The predicted molar refractivity (Wildman–Crippen MR) is 42.4 cm³/mol. The Morgan fingerprint density at radius 1 is 1.82 bits per heavy atom. The summed E-state index contributed by atoms with van der Waals surface area (Å²) < 4.78 is 0. The van der Waals surface area contributed by atoms with E-state index in [1.54, 1.807) is 0 Å². The van der Waals surface area contributed by atoms with Crippen molar-refractivity contribution in [3.63, 3.8) is 0 Å². The van der Waals surface area contributed by atoms with Gasteiger partial charge in [-0.05, 0) is 31.8 Å². The lowest BCUT2D eigenvalue weighted by molar-refractivity contribution is -0.143. The third kappa shape index (κ3) is 1.93. The molecule has 0 saturated carbocycles. The zero-order valence-corrected chi connectivity index (χ0v) is 6.84. The zero-order valence-electron chi connectivity index (χ0n) is 6.84. The van der Waals surface area contributed by atoms with Crippen molar-refractivity contribution in [2.45, 2.75) is 19.8 Å². The Hall–Kier alpha value is -0.570. The van der Waals surface area contributed by atoms with Gasteiger partial charge in [0.2, 0.25) is 0 Å². The van der Waals surface area contributed by atoms with E-state index in [0.29, 0.717) is 5.92 Å². The van der Waals surface area contributed by atoms with Crippen LogP contribution in [0.25, 0.3) is 0 Å². The van der Waals surface area contributed by atoms with E-state index in [4.69, 9.17) is 5.11 Å². The minimum absolute atomic E-state index is 0.134. The smallest absolute Gasteiger partial charge is 0.306 e. The van der Waals surface area contributed by atoms with E-state index in [1.807, 2.05) is 6.92 Å². The average Bonchev–Trinajstić information content (AvgIpc) is 2.40. The molecule has 0 aromatic carbocycles. The molecule has 1 aliphatic rings. The van der Waals surface area contributed by atoms with Gasteiger partial charge in [0, 0.05) is 0 Å². The summed E-state index contributed by atoms with van der Waals surface area (Å²) >= 11 is 0. The normalized spacial score (nSPS) is 26.8. The topological polar surface area (TPSA) is 49.3 Å². The van der Waals surface area contributed by atoms with E-state index in [0.717, 1.165) is 25.9 Å². The van der Waals surface area contributed by atoms with Crippen LogP contribution < -0.4 is 5.32 Å². The molecule has 1 saturated heterocycles. The maximum atomic E-state index is 10.7. The summed E-state index contributed by atoms with van der Waals surface area (Å²) in [7, 11) is 0. The summed E-state index contributed by atoms with van der Waals surface area (Å²) in [6.45, 7) is 3.80. The zero-order chi connectivity index (χ0) is 8.27. The molecular weight excluding hydrogens is 142 g/mol. The van der Waals surface area contributed by atoms with Gasteiger partial charge in [0.05, 0.1) is 5.92 Å². The fourth-order valence-corrected chi connectivity index (χ4v) is 1.73. The molecule has 3 nitrogen and oxygen atoms in total. The van der Waals surface area contributed by atoms with Crippen LogP contribution in [0, 0.1) is 11.8 Å². The van der Waals surface area contributed by atoms with E-state index in [1.165, 1.54) is 0 Å². The molecule has 0 aromatic rings. The lowest BCUT2D eigenvalue weighted by atomic mass is 9.89. The minimum Gasteiger partial charge on any atom is -0.481 e. The molecule has 0 aliphatic carbocycles. The number of carbonyl (C=O) groups is 1. The van der Waals surface area contributed by atoms with Crippen molar-refractivity contribution in [1.29, 1.82) is 0 Å². The molecule has 1 fully saturated rings. The van der Waals surface area contributed by atoms with E-state index < -0.39 is 5.97 Å². The molecule has 1 rings (SSSR count). The Kier molecular flexibility index (Phi) is 2.88. The van der Waals surface area contributed by atoms with E-state index in [9.17, 15) is 4.79 Å². The second kappa shape index (κ2) is 3.72. The highest BCUT2D eigenvalue weighted by atomic mass is 16.4. The molecule has 2 atom stereocenters. The van der Waals surface area contributed by atoms with Gasteiger partial charge in [-0.25, -0.2) is 0 Å². The van der Waals surface area contributed by atoms with Gasteiger partial charge < -0.3 is 10.4 Å². The molecule has 0 amide bonds. The van der Waals surface area contributed by atoms with Crippen LogP contribution in [0.5, 0.6) is 0 Å². The molecular formula is C8H15NO2. The Morgan fingerprint density at radius 2 is 2.55 bits per heavy atom. The Balaban J connectivity index is 2.46. The summed E-state index contributed by atoms with van der Waals surface area (Å²) in [5.41, 5.74) is 0. The van der Waals surface area contributed by atoms with Crippen molar-refractivity contribution >= 4 is 5.97 Å². The SMILES string of the molecule is CC[C@H](C(=O)O)[C@H]1CCNC1. The van der Waals surface area contributed by atoms with Crippen molar-refractivity contribution in [2.24, 2.45) is 11.8 Å². The lowest BCUT2D eigenvalue weighted by Gasteiger charge is -2.15. The van der Waals surface area contributed by atoms with Gasteiger partial charge >= 0.3 is 5.97 Å². The van der Waals surface area contributed by atoms with Gasteiger partial charge in [0.25, 0.3) is 0 Å². The number of hydrogen-bond donors (Lipinski definition) is 2. The van der Waals surface area contributed by atoms with Crippen molar-refractivity contribution in [1.82, 2.24) is 5.32 Å². The maximum absolute atomic E-state index is 10.7. The van der Waals surface area contributed by atoms with Crippen molar-refractivity contribution < 1.29 is 9.90 Å². The van der Waals surface area contributed by atoms with Gasteiger partial charge in [-0.2, -0.15) is 0 Å². The molecule has 0 unspecified atom stereocenters. The molecule has 64 valence electrons. The number of nitrogens with one attached hydrogen (secondary N) is 1. The fraction of sp³-hybridized carbons (Fsp3) is 0.875. The molecule has 11 heavy (non-hydrogen) atoms. The summed E-state index contributed by atoms with van der Waals surface area (Å²) in [5.74, 6) is -0.413. The summed E-state index contributed by atoms with van der Waals surface area (Å²) in [5, 5.41) is 12.0. The van der Waals surface area contributed by atoms with Gasteiger partial charge in [0.1, 0.15) is 0 Å². The van der Waals surface area contributed by atoms with Crippen LogP contribution in [0.1, 0.15) is 19.8 Å². The van der Waals surface area contributed by atoms with Crippen LogP contribution in [0.4, 0.5) is 0 Å². The Bertz CT molecular complexity index is 141. The molecule has 1 heterocycles. The molecule has 3 heteroatoms. The first-order chi connectivity index (χ1) is 5.25. The number of aliphatic carboxylic acids is 1. The molecule has 0 bridgehead atoms. The molecule has 0 spiro atoms. The highest BCUT2D eigenvalue weighted by Crippen LogP contribution is 2.21. The first-order valence-corrected chi connectivity index (χ1v) is 4.19. The van der Waals surface area contributed by atoms with E-state index >= 15 is 0 Å². The quantitative estimate of drug-likeness (QED) is 0.634. The average molecular weight is 157 g/mol. The summed E-state index contributed by atoms with van der Waals surface area (Å²) in [6.07, 6.45) is 1.77. The largest absolute Gasteiger partial charge is 0.481 e. The van der Waals surface area contributed by atoms with E-state index in [-0.39, 0.29) is 5.92 Å². The molecule has 0 radical (unpaired) electrons. The number of carboxylic acid groups (broad SMARTS) is 1. The van der Waals surface area contributed by atoms with E-state index in [2.05, 4.69) is 5.32 Å². The van der Waals surface area contributed by atoms with Crippen molar-refractivity contribution in [2.75, 3.05) is 13.1 Å². The maximum Gasteiger partial charge on any atom is 0.306 e. The van der Waals surface area contributed by atoms with Gasteiger partial charge in [-0.1, -0.05) is 6.92 Å². The predicted octanol–water partition coefficient (Wildman–Crippen LogP) is 0.707. The van der Waals surface area contributed by atoms with Gasteiger partial charge in [-0.3, -0.25) is 4.79 Å². The van der Waals surface area contributed by atoms with Crippen LogP contribution in [-0.4, -0.2) is 24.2 Å². The highest BCUT2D eigenvalue weighted by molar-refractivity contribution is 5.70. The standard InChI is InChI=1S/C8H15NO2/c1-2-7(8(10)11)6-3-4-9-5-6/h6-7,9H,2-5H2,1H3,(H,10,11)/t6-,7-/m0/s1.